The Bertz CT molecular complexity index is 1170. The summed E-state index contributed by atoms with van der Waals surface area (Å²) in [6.45, 7) is 1.41. The van der Waals surface area contributed by atoms with Crippen LogP contribution >= 0.6 is 11.8 Å². The topological polar surface area (TPSA) is 96.5 Å². The highest BCUT2D eigenvalue weighted by molar-refractivity contribution is 7.98. The number of H-pyrrole nitrogens is 1. The largest absolute Gasteiger partial charge is 0.309 e. The van der Waals surface area contributed by atoms with E-state index in [1.54, 1.807) is 24.4 Å². The molecule has 0 fully saturated rings. The molecule has 0 aliphatic rings. The van der Waals surface area contributed by atoms with Crippen molar-refractivity contribution in [3.8, 4) is 22.5 Å². The number of benzene rings is 1. The van der Waals surface area contributed by atoms with Gasteiger partial charge in [0, 0.05) is 24.2 Å². The Morgan fingerprint density at radius 3 is 2.68 bits per heavy atom. The number of carbonyl (C=O) groups excluding carboxylic acids is 1. The number of nitrogens with one attached hydrogen (secondary N) is 2. The maximum atomic E-state index is 13.4. The van der Waals surface area contributed by atoms with E-state index in [0.29, 0.717) is 33.4 Å². The Kier molecular flexibility index (Phi) is 4.74. The monoisotopic (exact) mass is 394 g/mol. The van der Waals surface area contributed by atoms with Crippen LogP contribution in [0.2, 0.25) is 0 Å². The van der Waals surface area contributed by atoms with Gasteiger partial charge in [0.15, 0.2) is 16.6 Å². The molecule has 0 bridgehead atoms. The average molecular weight is 394 g/mol. The first-order valence-corrected chi connectivity index (χ1v) is 9.57. The van der Waals surface area contributed by atoms with Gasteiger partial charge < -0.3 is 5.32 Å². The van der Waals surface area contributed by atoms with Crippen LogP contribution in [0.15, 0.2) is 47.8 Å². The SMILES string of the molecule is CSc1nccc(-c2cc3c(NC(C)=O)n[nH]c3nc2-c2ccc(F)cc2)n1. The summed E-state index contributed by atoms with van der Waals surface area (Å²) in [5.74, 6) is -0.169. The molecule has 4 aromatic rings. The van der Waals surface area contributed by atoms with E-state index < -0.39 is 0 Å². The summed E-state index contributed by atoms with van der Waals surface area (Å²) < 4.78 is 13.4. The van der Waals surface area contributed by atoms with E-state index in [9.17, 15) is 9.18 Å². The van der Waals surface area contributed by atoms with Gasteiger partial charge >= 0.3 is 0 Å². The summed E-state index contributed by atoms with van der Waals surface area (Å²) in [4.78, 5) is 24.9. The Hall–Kier alpha value is -3.33. The van der Waals surface area contributed by atoms with Crippen molar-refractivity contribution in [2.45, 2.75) is 12.1 Å². The maximum Gasteiger partial charge on any atom is 0.222 e. The molecule has 0 unspecified atom stereocenters. The number of nitrogens with zero attached hydrogens (tertiary/aromatic N) is 4. The lowest BCUT2D eigenvalue weighted by atomic mass is 10.0. The summed E-state index contributed by atoms with van der Waals surface area (Å²) >= 11 is 1.43. The van der Waals surface area contributed by atoms with Crippen LogP contribution in [0.3, 0.4) is 0 Å². The molecular weight excluding hydrogens is 379 g/mol. The summed E-state index contributed by atoms with van der Waals surface area (Å²) in [7, 11) is 0. The van der Waals surface area contributed by atoms with Crippen LogP contribution in [0.25, 0.3) is 33.5 Å². The fourth-order valence-corrected chi connectivity index (χ4v) is 3.18. The Balaban J connectivity index is 1.97. The molecule has 7 nitrogen and oxygen atoms in total. The number of fused-ring (bicyclic) bond motifs is 1. The molecule has 3 aromatic heterocycles. The minimum Gasteiger partial charge on any atom is -0.309 e. The van der Waals surface area contributed by atoms with E-state index in [-0.39, 0.29) is 11.7 Å². The number of rotatable bonds is 4. The van der Waals surface area contributed by atoms with Gasteiger partial charge in [0.2, 0.25) is 5.91 Å². The van der Waals surface area contributed by atoms with Crippen molar-refractivity contribution < 1.29 is 9.18 Å². The van der Waals surface area contributed by atoms with Crippen molar-refractivity contribution in [2.24, 2.45) is 0 Å². The quantitative estimate of drug-likeness (QED) is 0.403. The van der Waals surface area contributed by atoms with E-state index in [0.717, 1.165) is 11.1 Å². The van der Waals surface area contributed by atoms with Crippen molar-refractivity contribution in [2.75, 3.05) is 11.6 Å². The van der Waals surface area contributed by atoms with E-state index in [1.807, 2.05) is 12.3 Å². The normalized spacial score (nSPS) is 11.0. The molecule has 1 amide bonds. The standard InChI is InChI=1S/C19H15FN6OS/c1-10(27)22-17-14-9-13(15-7-8-21-19(23-15)28-2)16(24-18(14)26-25-17)11-3-5-12(20)6-4-11/h3-9H,1-2H3,(H2,22,24,25,26,27). The molecule has 0 aliphatic heterocycles. The highest BCUT2D eigenvalue weighted by Crippen LogP contribution is 2.34. The van der Waals surface area contributed by atoms with Crippen LogP contribution in [0, 0.1) is 5.82 Å². The summed E-state index contributed by atoms with van der Waals surface area (Å²) in [6, 6.07) is 9.74. The van der Waals surface area contributed by atoms with Gasteiger partial charge in [-0.05, 0) is 42.7 Å². The third-order valence-corrected chi connectivity index (χ3v) is 4.62. The van der Waals surface area contributed by atoms with Crippen molar-refractivity contribution in [3.05, 3.63) is 48.4 Å². The Labute approximate surface area is 163 Å². The zero-order chi connectivity index (χ0) is 19.7. The Morgan fingerprint density at radius 2 is 1.96 bits per heavy atom. The highest BCUT2D eigenvalue weighted by Gasteiger charge is 2.17. The number of anilines is 1. The van der Waals surface area contributed by atoms with Crippen molar-refractivity contribution in [1.29, 1.82) is 0 Å². The molecule has 0 aliphatic carbocycles. The van der Waals surface area contributed by atoms with Crippen LogP contribution in [0.1, 0.15) is 6.92 Å². The number of aromatic amines is 1. The summed E-state index contributed by atoms with van der Waals surface area (Å²) in [5, 5.41) is 10.9. The van der Waals surface area contributed by atoms with Gasteiger partial charge in [-0.15, -0.1) is 0 Å². The summed E-state index contributed by atoms with van der Waals surface area (Å²) in [5.41, 5.74) is 3.26. The number of thioether (sulfide) groups is 1. The van der Waals surface area contributed by atoms with Crippen molar-refractivity contribution in [1.82, 2.24) is 25.1 Å². The fraction of sp³-hybridized carbons (Fsp3) is 0.105. The molecule has 140 valence electrons. The fourth-order valence-electron chi connectivity index (χ4n) is 2.82. The smallest absolute Gasteiger partial charge is 0.222 e. The highest BCUT2D eigenvalue weighted by atomic mass is 32.2. The predicted molar refractivity (Wildman–Crippen MR) is 106 cm³/mol. The van der Waals surface area contributed by atoms with Crippen molar-refractivity contribution >= 4 is 34.5 Å². The lowest BCUT2D eigenvalue weighted by Gasteiger charge is -2.10. The lowest BCUT2D eigenvalue weighted by molar-refractivity contribution is -0.114. The molecule has 0 saturated carbocycles. The molecule has 2 N–H and O–H groups in total. The minimum absolute atomic E-state index is 0.232. The molecule has 0 atom stereocenters. The lowest BCUT2D eigenvalue weighted by Crippen LogP contribution is -2.06. The van der Waals surface area contributed by atoms with Crippen molar-refractivity contribution in [3.63, 3.8) is 0 Å². The third kappa shape index (κ3) is 3.44. The van der Waals surface area contributed by atoms with Crippen LogP contribution in [0.5, 0.6) is 0 Å². The number of carbonyl (C=O) groups is 1. The first-order chi connectivity index (χ1) is 13.5. The van der Waals surface area contributed by atoms with Crippen LogP contribution in [0.4, 0.5) is 10.2 Å². The van der Waals surface area contributed by atoms with E-state index in [1.165, 1.54) is 30.8 Å². The number of halogens is 1. The number of amides is 1. The van der Waals surface area contributed by atoms with Gasteiger partial charge in [-0.1, -0.05) is 11.8 Å². The average Bonchev–Trinajstić information content (AvgIpc) is 3.09. The second-order valence-electron chi connectivity index (χ2n) is 5.97. The first kappa shape index (κ1) is 18.1. The van der Waals surface area contributed by atoms with E-state index in [2.05, 4.69) is 30.5 Å². The van der Waals surface area contributed by atoms with Crippen LogP contribution in [-0.4, -0.2) is 37.3 Å². The molecule has 0 spiro atoms. The second kappa shape index (κ2) is 7.35. The van der Waals surface area contributed by atoms with Crippen LogP contribution < -0.4 is 5.32 Å². The van der Waals surface area contributed by atoms with E-state index in [4.69, 9.17) is 0 Å². The summed E-state index contributed by atoms with van der Waals surface area (Å²) in [6.07, 6.45) is 3.57. The predicted octanol–water partition coefficient (Wildman–Crippen LogP) is 3.90. The van der Waals surface area contributed by atoms with Gasteiger partial charge in [-0.25, -0.2) is 19.3 Å². The Morgan fingerprint density at radius 1 is 1.18 bits per heavy atom. The van der Waals surface area contributed by atoms with Gasteiger partial charge in [0.1, 0.15) is 5.82 Å². The van der Waals surface area contributed by atoms with Crippen LogP contribution in [-0.2, 0) is 4.79 Å². The molecule has 4 rings (SSSR count). The molecule has 28 heavy (non-hydrogen) atoms. The van der Waals surface area contributed by atoms with Gasteiger partial charge in [-0.2, -0.15) is 5.10 Å². The number of hydrogen-bond donors (Lipinski definition) is 2. The van der Waals surface area contributed by atoms with E-state index >= 15 is 0 Å². The first-order valence-electron chi connectivity index (χ1n) is 8.35. The molecule has 9 heteroatoms. The number of hydrogen-bond acceptors (Lipinski definition) is 6. The molecule has 0 saturated heterocycles. The number of aromatic nitrogens is 5. The van der Waals surface area contributed by atoms with Gasteiger partial charge in [-0.3, -0.25) is 9.89 Å². The van der Waals surface area contributed by atoms with Gasteiger partial charge in [0.25, 0.3) is 0 Å². The zero-order valence-electron chi connectivity index (χ0n) is 15.0. The molecule has 3 heterocycles. The maximum absolute atomic E-state index is 13.4. The zero-order valence-corrected chi connectivity index (χ0v) is 15.8. The number of pyridine rings is 1. The van der Waals surface area contributed by atoms with Gasteiger partial charge in [0.05, 0.1) is 16.8 Å². The molecule has 1 aromatic carbocycles. The second-order valence-corrected chi connectivity index (χ2v) is 6.74. The molecular formula is C19H15FN6OS. The molecule has 0 radical (unpaired) electrons. The minimum atomic E-state index is -0.326. The third-order valence-electron chi connectivity index (χ3n) is 4.06.